The van der Waals surface area contributed by atoms with Crippen molar-refractivity contribution in [3.63, 3.8) is 0 Å². The van der Waals surface area contributed by atoms with Gasteiger partial charge in [-0.3, -0.25) is 0 Å². The zero-order valence-electron chi connectivity index (χ0n) is 9.77. The lowest BCUT2D eigenvalue weighted by molar-refractivity contribution is 0.161. The van der Waals surface area contributed by atoms with Crippen molar-refractivity contribution < 1.29 is 13.9 Å². The van der Waals surface area contributed by atoms with Crippen molar-refractivity contribution in [2.75, 3.05) is 0 Å². The summed E-state index contributed by atoms with van der Waals surface area (Å²) in [6.45, 7) is 0. The van der Waals surface area contributed by atoms with Crippen LogP contribution in [0.5, 0.6) is 0 Å². The summed E-state index contributed by atoms with van der Waals surface area (Å²) in [6.07, 6.45) is 2.58. The van der Waals surface area contributed by atoms with Gasteiger partial charge in [-0.25, -0.2) is 4.39 Å². The van der Waals surface area contributed by atoms with Crippen LogP contribution in [0.15, 0.2) is 45.5 Å². The molecule has 0 aliphatic rings. The Bertz CT molecular complexity index is 497. The Morgan fingerprint density at radius 1 is 1.33 bits per heavy atom. The molecule has 96 valence electrons. The van der Waals surface area contributed by atoms with Crippen LogP contribution in [0.3, 0.4) is 0 Å². The third kappa shape index (κ3) is 3.68. The van der Waals surface area contributed by atoms with Gasteiger partial charge in [-0.1, -0.05) is 22.0 Å². The largest absolute Gasteiger partial charge is 0.469 e. The normalized spacial score (nSPS) is 12.6. The molecule has 0 radical (unpaired) electrons. The molecule has 0 spiro atoms. The fourth-order valence-corrected chi connectivity index (χ4v) is 2.14. The van der Waals surface area contributed by atoms with E-state index < -0.39 is 6.10 Å². The molecular weight excluding hydrogens is 299 g/mol. The molecule has 0 saturated carbocycles. The number of aliphatic hydroxyl groups excluding tert-OH is 1. The molecule has 0 amide bonds. The second-order valence-electron chi connectivity index (χ2n) is 4.21. The molecule has 1 heterocycles. The summed E-state index contributed by atoms with van der Waals surface area (Å²) in [5.41, 5.74) is 0.533. The van der Waals surface area contributed by atoms with Crippen molar-refractivity contribution >= 4 is 15.9 Å². The van der Waals surface area contributed by atoms with E-state index in [2.05, 4.69) is 15.9 Å². The smallest absolute Gasteiger partial charge is 0.127 e. The number of halogens is 2. The van der Waals surface area contributed by atoms with E-state index in [0.29, 0.717) is 29.3 Å². The minimum atomic E-state index is -0.564. The highest BCUT2D eigenvalue weighted by Gasteiger charge is 2.10. The minimum absolute atomic E-state index is 0.290. The molecule has 2 nitrogen and oxygen atoms in total. The molecule has 2 rings (SSSR count). The van der Waals surface area contributed by atoms with E-state index in [0.717, 1.165) is 5.76 Å². The average molecular weight is 313 g/mol. The predicted octanol–water partition coefficient (Wildman–Crippen LogP) is 3.72. The number of hydrogen-bond donors (Lipinski definition) is 1. The van der Waals surface area contributed by atoms with Crippen molar-refractivity contribution in [3.05, 3.63) is 58.2 Å². The predicted molar refractivity (Wildman–Crippen MR) is 70.8 cm³/mol. The molecular formula is C14H14BrFO2. The SMILES string of the molecule is OC(CCc1ccco1)Cc1ccc(Br)cc1F. The zero-order valence-corrected chi connectivity index (χ0v) is 11.4. The Hall–Kier alpha value is -1.13. The third-order valence-corrected chi connectivity index (χ3v) is 3.27. The quantitative estimate of drug-likeness (QED) is 0.913. The Morgan fingerprint density at radius 2 is 2.17 bits per heavy atom. The van der Waals surface area contributed by atoms with Crippen LogP contribution in [0.1, 0.15) is 17.7 Å². The van der Waals surface area contributed by atoms with Crippen LogP contribution in [0.2, 0.25) is 0 Å². The van der Waals surface area contributed by atoms with Gasteiger partial charge in [0.2, 0.25) is 0 Å². The van der Waals surface area contributed by atoms with Crippen molar-refractivity contribution in [2.24, 2.45) is 0 Å². The molecule has 1 unspecified atom stereocenters. The van der Waals surface area contributed by atoms with Gasteiger partial charge in [0.1, 0.15) is 11.6 Å². The zero-order chi connectivity index (χ0) is 13.0. The summed E-state index contributed by atoms with van der Waals surface area (Å²) in [4.78, 5) is 0. The summed E-state index contributed by atoms with van der Waals surface area (Å²) in [6, 6.07) is 8.56. The average Bonchev–Trinajstić information content (AvgIpc) is 2.83. The van der Waals surface area contributed by atoms with Crippen LogP contribution in [0.4, 0.5) is 4.39 Å². The summed E-state index contributed by atoms with van der Waals surface area (Å²) in [7, 11) is 0. The Labute approximate surface area is 114 Å². The molecule has 1 N–H and O–H groups in total. The molecule has 0 fully saturated rings. The van der Waals surface area contributed by atoms with Gasteiger partial charge in [0.25, 0.3) is 0 Å². The van der Waals surface area contributed by atoms with Crippen LogP contribution >= 0.6 is 15.9 Å². The third-order valence-electron chi connectivity index (χ3n) is 2.77. The van der Waals surface area contributed by atoms with Crippen LogP contribution in [0, 0.1) is 5.82 Å². The summed E-state index contributed by atoms with van der Waals surface area (Å²) in [5.74, 6) is 0.548. The first-order valence-electron chi connectivity index (χ1n) is 5.79. The van der Waals surface area contributed by atoms with Crippen LogP contribution < -0.4 is 0 Å². The van der Waals surface area contributed by atoms with Gasteiger partial charge in [-0.05, 0) is 36.2 Å². The van der Waals surface area contributed by atoms with Gasteiger partial charge in [-0.2, -0.15) is 0 Å². The highest BCUT2D eigenvalue weighted by Crippen LogP contribution is 2.18. The fourth-order valence-electron chi connectivity index (χ4n) is 1.81. The summed E-state index contributed by atoms with van der Waals surface area (Å²) in [5, 5.41) is 9.88. The van der Waals surface area contributed by atoms with E-state index in [9.17, 15) is 9.50 Å². The second kappa shape index (κ2) is 6.16. The number of benzene rings is 1. The molecule has 4 heteroatoms. The van der Waals surface area contributed by atoms with E-state index in [1.54, 1.807) is 18.4 Å². The molecule has 18 heavy (non-hydrogen) atoms. The molecule has 1 aromatic heterocycles. The number of rotatable bonds is 5. The van der Waals surface area contributed by atoms with Gasteiger partial charge in [0.05, 0.1) is 12.4 Å². The van der Waals surface area contributed by atoms with Crippen molar-refractivity contribution in [1.82, 2.24) is 0 Å². The molecule has 0 saturated heterocycles. The summed E-state index contributed by atoms with van der Waals surface area (Å²) >= 11 is 3.20. The molecule has 1 atom stereocenters. The van der Waals surface area contributed by atoms with Gasteiger partial charge < -0.3 is 9.52 Å². The lowest BCUT2D eigenvalue weighted by atomic mass is 10.0. The minimum Gasteiger partial charge on any atom is -0.469 e. The number of aliphatic hydroxyl groups is 1. The van der Waals surface area contributed by atoms with Crippen LogP contribution in [-0.2, 0) is 12.8 Å². The van der Waals surface area contributed by atoms with Crippen molar-refractivity contribution in [3.8, 4) is 0 Å². The maximum absolute atomic E-state index is 13.6. The Balaban J connectivity index is 1.88. The second-order valence-corrected chi connectivity index (χ2v) is 5.13. The summed E-state index contributed by atoms with van der Waals surface area (Å²) < 4.78 is 19.4. The first-order valence-corrected chi connectivity index (χ1v) is 6.59. The van der Waals surface area contributed by atoms with Gasteiger partial charge in [-0.15, -0.1) is 0 Å². The van der Waals surface area contributed by atoms with E-state index in [4.69, 9.17) is 4.42 Å². The highest BCUT2D eigenvalue weighted by atomic mass is 79.9. The Morgan fingerprint density at radius 3 is 2.83 bits per heavy atom. The number of aryl methyl sites for hydroxylation is 1. The molecule has 0 aliphatic heterocycles. The van der Waals surface area contributed by atoms with Gasteiger partial charge in [0.15, 0.2) is 0 Å². The molecule has 0 aliphatic carbocycles. The van der Waals surface area contributed by atoms with Crippen molar-refractivity contribution in [1.29, 1.82) is 0 Å². The molecule has 2 aromatic rings. The molecule has 0 bridgehead atoms. The molecule has 1 aromatic carbocycles. The lowest BCUT2D eigenvalue weighted by Crippen LogP contribution is -2.12. The van der Waals surface area contributed by atoms with Crippen LogP contribution in [-0.4, -0.2) is 11.2 Å². The highest BCUT2D eigenvalue weighted by molar-refractivity contribution is 9.10. The van der Waals surface area contributed by atoms with E-state index >= 15 is 0 Å². The van der Waals surface area contributed by atoms with Crippen LogP contribution in [0.25, 0.3) is 0 Å². The number of furan rings is 1. The fraction of sp³-hybridized carbons (Fsp3) is 0.286. The number of hydrogen-bond acceptors (Lipinski definition) is 2. The standard InChI is InChI=1S/C14H14BrFO2/c15-11-4-3-10(14(16)9-11)8-12(17)5-6-13-2-1-7-18-13/h1-4,7,9,12,17H,5-6,8H2. The van der Waals surface area contributed by atoms with Crippen molar-refractivity contribution in [2.45, 2.75) is 25.4 Å². The monoisotopic (exact) mass is 312 g/mol. The van der Waals surface area contributed by atoms with Gasteiger partial charge >= 0.3 is 0 Å². The first kappa shape index (κ1) is 13.3. The van der Waals surface area contributed by atoms with Gasteiger partial charge in [0, 0.05) is 17.3 Å². The topological polar surface area (TPSA) is 33.4 Å². The lowest BCUT2D eigenvalue weighted by Gasteiger charge is -2.10. The van der Waals surface area contributed by atoms with E-state index in [-0.39, 0.29) is 5.82 Å². The Kier molecular flexibility index (Phi) is 4.55. The maximum Gasteiger partial charge on any atom is 0.127 e. The first-order chi connectivity index (χ1) is 8.65. The van der Waals surface area contributed by atoms with E-state index in [1.807, 2.05) is 12.1 Å². The maximum atomic E-state index is 13.6. The van der Waals surface area contributed by atoms with E-state index in [1.165, 1.54) is 6.07 Å².